The van der Waals surface area contributed by atoms with Crippen LogP contribution in [0.25, 0.3) is 0 Å². The lowest BCUT2D eigenvalue weighted by atomic mass is 10.1. The summed E-state index contributed by atoms with van der Waals surface area (Å²) in [5.41, 5.74) is 2.55. The molecular formula is C13H15N3O2. The maximum absolute atomic E-state index is 11.8. The molecule has 1 amide bonds. The van der Waals surface area contributed by atoms with E-state index in [0.717, 1.165) is 11.3 Å². The number of hydrogen-bond acceptors (Lipinski definition) is 3. The van der Waals surface area contributed by atoms with Crippen molar-refractivity contribution in [3.63, 3.8) is 0 Å². The van der Waals surface area contributed by atoms with Gasteiger partial charge in [0.2, 0.25) is 0 Å². The van der Waals surface area contributed by atoms with E-state index in [-0.39, 0.29) is 5.91 Å². The third-order valence-corrected chi connectivity index (χ3v) is 2.52. The van der Waals surface area contributed by atoms with Gasteiger partial charge in [0.25, 0.3) is 5.91 Å². The molecule has 0 aliphatic carbocycles. The molecule has 0 aliphatic rings. The van der Waals surface area contributed by atoms with Crippen LogP contribution in [0.4, 0.5) is 0 Å². The van der Waals surface area contributed by atoms with Crippen LogP contribution in [0.5, 0.6) is 0 Å². The maximum atomic E-state index is 11.8. The molecule has 0 saturated heterocycles. The number of hydrogen-bond donors (Lipinski definition) is 2. The number of carbonyl (C=O) groups is 1. The van der Waals surface area contributed by atoms with Gasteiger partial charge in [0.15, 0.2) is 0 Å². The minimum atomic E-state index is -0.103. The second kappa shape index (κ2) is 5.97. The Hall–Kier alpha value is -2.14. The first-order chi connectivity index (χ1) is 8.79. The SMILES string of the molecule is COCc1ccc(C(=O)NCc2cnc[nH]2)cc1. The van der Waals surface area contributed by atoms with Crippen molar-refractivity contribution >= 4 is 5.91 Å². The Morgan fingerprint density at radius 2 is 2.17 bits per heavy atom. The number of benzene rings is 1. The summed E-state index contributed by atoms with van der Waals surface area (Å²) in [4.78, 5) is 18.6. The van der Waals surface area contributed by atoms with Crippen LogP contribution in [-0.2, 0) is 17.9 Å². The normalized spacial score (nSPS) is 10.3. The topological polar surface area (TPSA) is 67.0 Å². The largest absolute Gasteiger partial charge is 0.380 e. The molecule has 0 unspecified atom stereocenters. The van der Waals surface area contributed by atoms with Gasteiger partial charge in [-0.15, -0.1) is 0 Å². The Kier molecular flexibility index (Phi) is 4.09. The molecule has 0 spiro atoms. The van der Waals surface area contributed by atoms with Crippen LogP contribution in [0.3, 0.4) is 0 Å². The van der Waals surface area contributed by atoms with Crippen molar-refractivity contribution in [1.82, 2.24) is 15.3 Å². The van der Waals surface area contributed by atoms with Crippen LogP contribution >= 0.6 is 0 Å². The van der Waals surface area contributed by atoms with E-state index in [9.17, 15) is 4.79 Å². The maximum Gasteiger partial charge on any atom is 0.251 e. The molecule has 94 valence electrons. The van der Waals surface area contributed by atoms with Crippen molar-refractivity contribution in [3.8, 4) is 0 Å². The van der Waals surface area contributed by atoms with Crippen LogP contribution in [-0.4, -0.2) is 23.0 Å². The highest BCUT2D eigenvalue weighted by Gasteiger charge is 2.05. The highest BCUT2D eigenvalue weighted by atomic mass is 16.5. The zero-order valence-electron chi connectivity index (χ0n) is 10.1. The lowest BCUT2D eigenvalue weighted by Crippen LogP contribution is -2.22. The second-order valence-corrected chi connectivity index (χ2v) is 3.89. The molecule has 2 N–H and O–H groups in total. The fourth-order valence-electron chi connectivity index (χ4n) is 1.58. The summed E-state index contributed by atoms with van der Waals surface area (Å²) in [7, 11) is 1.64. The number of methoxy groups -OCH3 is 1. The highest BCUT2D eigenvalue weighted by Crippen LogP contribution is 2.05. The zero-order chi connectivity index (χ0) is 12.8. The predicted molar refractivity (Wildman–Crippen MR) is 66.9 cm³/mol. The Balaban J connectivity index is 1.92. The Morgan fingerprint density at radius 1 is 1.39 bits per heavy atom. The quantitative estimate of drug-likeness (QED) is 0.838. The van der Waals surface area contributed by atoms with Gasteiger partial charge in [-0.05, 0) is 17.7 Å². The van der Waals surface area contributed by atoms with Crippen molar-refractivity contribution in [1.29, 1.82) is 0 Å². The number of aromatic nitrogens is 2. The molecule has 1 aromatic carbocycles. The second-order valence-electron chi connectivity index (χ2n) is 3.89. The number of imidazole rings is 1. The van der Waals surface area contributed by atoms with E-state index >= 15 is 0 Å². The van der Waals surface area contributed by atoms with Crippen LogP contribution < -0.4 is 5.32 Å². The molecule has 18 heavy (non-hydrogen) atoms. The van der Waals surface area contributed by atoms with E-state index in [4.69, 9.17) is 4.74 Å². The van der Waals surface area contributed by atoms with Gasteiger partial charge in [-0.25, -0.2) is 4.98 Å². The number of H-pyrrole nitrogens is 1. The van der Waals surface area contributed by atoms with Crippen molar-refractivity contribution < 1.29 is 9.53 Å². The monoisotopic (exact) mass is 245 g/mol. The summed E-state index contributed by atoms with van der Waals surface area (Å²) in [6, 6.07) is 7.34. The molecule has 0 aliphatic heterocycles. The molecule has 5 heteroatoms. The summed E-state index contributed by atoms with van der Waals surface area (Å²) in [5.74, 6) is -0.103. The van der Waals surface area contributed by atoms with Gasteiger partial charge in [-0.3, -0.25) is 4.79 Å². The molecule has 0 bridgehead atoms. The molecule has 1 aromatic heterocycles. The lowest BCUT2D eigenvalue weighted by molar-refractivity contribution is 0.0950. The Bertz CT molecular complexity index is 491. The van der Waals surface area contributed by atoms with Gasteiger partial charge in [0.05, 0.1) is 25.2 Å². The number of carbonyl (C=O) groups excluding carboxylic acids is 1. The molecule has 0 fully saturated rings. The molecule has 2 aromatic rings. The molecule has 2 rings (SSSR count). The fraction of sp³-hybridized carbons (Fsp3) is 0.231. The van der Waals surface area contributed by atoms with Gasteiger partial charge in [0, 0.05) is 18.9 Å². The lowest BCUT2D eigenvalue weighted by Gasteiger charge is -2.05. The van der Waals surface area contributed by atoms with Gasteiger partial charge in [0.1, 0.15) is 0 Å². The van der Waals surface area contributed by atoms with Crippen LogP contribution in [0.15, 0.2) is 36.8 Å². The molecule has 1 heterocycles. The average molecular weight is 245 g/mol. The first-order valence-electron chi connectivity index (χ1n) is 5.63. The van der Waals surface area contributed by atoms with Crippen molar-refractivity contribution in [3.05, 3.63) is 53.6 Å². The number of nitrogens with zero attached hydrogens (tertiary/aromatic N) is 1. The fourth-order valence-corrected chi connectivity index (χ4v) is 1.58. The van der Waals surface area contributed by atoms with Crippen LogP contribution in [0, 0.1) is 0 Å². The molecule has 0 saturated carbocycles. The van der Waals surface area contributed by atoms with E-state index in [1.807, 2.05) is 12.1 Å². The number of amides is 1. The summed E-state index contributed by atoms with van der Waals surface area (Å²) in [5, 5.41) is 2.81. The van der Waals surface area contributed by atoms with E-state index in [2.05, 4.69) is 15.3 Å². The van der Waals surface area contributed by atoms with E-state index in [1.165, 1.54) is 0 Å². The van der Waals surface area contributed by atoms with Crippen molar-refractivity contribution in [2.45, 2.75) is 13.2 Å². The summed E-state index contributed by atoms with van der Waals surface area (Å²) >= 11 is 0. The van der Waals surface area contributed by atoms with Crippen LogP contribution in [0.2, 0.25) is 0 Å². The highest BCUT2D eigenvalue weighted by molar-refractivity contribution is 5.94. The Morgan fingerprint density at radius 3 is 2.78 bits per heavy atom. The van der Waals surface area contributed by atoms with E-state index < -0.39 is 0 Å². The first kappa shape index (κ1) is 12.3. The van der Waals surface area contributed by atoms with Gasteiger partial charge in [-0.1, -0.05) is 12.1 Å². The molecular weight excluding hydrogens is 230 g/mol. The summed E-state index contributed by atoms with van der Waals surface area (Å²) in [6.45, 7) is 0.995. The van der Waals surface area contributed by atoms with Crippen molar-refractivity contribution in [2.75, 3.05) is 7.11 Å². The summed E-state index contributed by atoms with van der Waals surface area (Å²) < 4.78 is 5.01. The standard InChI is InChI=1S/C13H15N3O2/c1-18-8-10-2-4-11(5-3-10)13(17)15-7-12-6-14-9-16-12/h2-6,9H,7-8H2,1H3,(H,14,16)(H,15,17). The zero-order valence-corrected chi connectivity index (χ0v) is 10.1. The third-order valence-electron chi connectivity index (χ3n) is 2.52. The molecule has 0 radical (unpaired) electrons. The van der Waals surface area contributed by atoms with Crippen molar-refractivity contribution in [2.24, 2.45) is 0 Å². The minimum absolute atomic E-state index is 0.103. The molecule has 5 nitrogen and oxygen atoms in total. The Labute approximate surface area is 105 Å². The average Bonchev–Trinajstić information content (AvgIpc) is 2.90. The van der Waals surface area contributed by atoms with Gasteiger partial charge >= 0.3 is 0 Å². The smallest absolute Gasteiger partial charge is 0.251 e. The number of aromatic amines is 1. The predicted octanol–water partition coefficient (Wildman–Crippen LogP) is 1.49. The number of rotatable bonds is 5. The van der Waals surface area contributed by atoms with E-state index in [1.54, 1.807) is 31.8 Å². The minimum Gasteiger partial charge on any atom is -0.380 e. The van der Waals surface area contributed by atoms with E-state index in [0.29, 0.717) is 18.7 Å². The van der Waals surface area contributed by atoms with Crippen LogP contribution in [0.1, 0.15) is 21.6 Å². The number of nitrogens with one attached hydrogen (secondary N) is 2. The first-order valence-corrected chi connectivity index (χ1v) is 5.63. The van der Waals surface area contributed by atoms with Gasteiger partial charge < -0.3 is 15.0 Å². The summed E-state index contributed by atoms with van der Waals surface area (Å²) in [6.07, 6.45) is 3.27. The van der Waals surface area contributed by atoms with Gasteiger partial charge in [-0.2, -0.15) is 0 Å². The number of ether oxygens (including phenoxy) is 1. The molecule has 0 atom stereocenters. The third kappa shape index (κ3) is 3.18.